The third-order valence-electron chi connectivity index (χ3n) is 3.03. The fourth-order valence-corrected chi connectivity index (χ4v) is 2.41. The Balaban J connectivity index is 2.69. The van der Waals surface area contributed by atoms with Gasteiger partial charge in [0.1, 0.15) is 5.75 Å². The van der Waals surface area contributed by atoms with Crippen molar-refractivity contribution in [2.75, 3.05) is 33.3 Å². The van der Waals surface area contributed by atoms with Gasteiger partial charge >= 0.3 is 0 Å². The number of benzene rings is 1. The number of hydrogen-bond acceptors (Lipinski definition) is 4. The molecule has 5 nitrogen and oxygen atoms in total. The Morgan fingerprint density at radius 1 is 1.29 bits per heavy atom. The molecule has 0 saturated heterocycles. The molecule has 0 saturated carbocycles. The lowest BCUT2D eigenvalue weighted by Gasteiger charge is -2.19. The first-order valence-corrected chi connectivity index (χ1v) is 7.66. The molecule has 1 rings (SSSR count). The molecule has 0 aliphatic heterocycles. The maximum absolute atomic E-state index is 12.3. The van der Waals surface area contributed by atoms with Crippen LogP contribution in [0.3, 0.4) is 0 Å². The van der Waals surface area contributed by atoms with Gasteiger partial charge in [-0.1, -0.05) is 6.92 Å². The lowest BCUT2D eigenvalue weighted by molar-refractivity contribution is -0.121. The van der Waals surface area contributed by atoms with E-state index in [1.807, 2.05) is 18.7 Å². The number of halogens is 1. The van der Waals surface area contributed by atoms with Gasteiger partial charge in [-0.2, -0.15) is 0 Å². The first kappa shape index (κ1) is 17.7. The van der Waals surface area contributed by atoms with Crippen molar-refractivity contribution in [1.29, 1.82) is 0 Å². The third kappa shape index (κ3) is 5.47. The van der Waals surface area contributed by atoms with Crippen LogP contribution in [0.1, 0.15) is 24.2 Å². The molecule has 116 valence electrons. The maximum Gasteiger partial charge on any atom is 0.234 e. The van der Waals surface area contributed by atoms with Crippen LogP contribution in [-0.2, 0) is 4.79 Å². The number of ketones is 1. The van der Waals surface area contributed by atoms with Crippen molar-refractivity contribution in [2.24, 2.45) is 0 Å². The van der Waals surface area contributed by atoms with Gasteiger partial charge in [0.25, 0.3) is 0 Å². The number of nitrogens with zero attached hydrogens (tertiary/aromatic N) is 1. The lowest BCUT2D eigenvalue weighted by Crippen LogP contribution is -2.39. The number of likely N-dealkylation sites (N-methyl/N-ethyl adjacent to an activating group) is 2. The van der Waals surface area contributed by atoms with E-state index in [-0.39, 0.29) is 24.8 Å². The van der Waals surface area contributed by atoms with Gasteiger partial charge < -0.3 is 10.1 Å². The topological polar surface area (TPSA) is 58.6 Å². The first-order chi connectivity index (χ1) is 10.0. The Hall–Kier alpha value is -1.40. The van der Waals surface area contributed by atoms with Gasteiger partial charge in [0.15, 0.2) is 5.78 Å². The smallest absolute Gasteiger partial charge is 0.234 e. The van der Waals surface area contributed by atoms with Crippen LogP contribution in [0.5, 0.6) is 5.75 Å². The summed E-state index contributed by atoms with van der Waals surface area (Å²) in [5.41, 5.74) is 0.594. The molecule has 0 aliphatic carbocycles. The molecule has 1 aromatic carbocycles. The summed E-state index contributed by atoms with van der Waals surface area (Å²) in [7, 11) is 1.58. The summed E-state index contributed by atoms with van der Waals surface area (Å²) in [6.07, 6.45) is 0. The Kier molecular flexibility index (Phi) is 7.39. The van der Waals surface area contributed by atoms with Crippen LogP contribution in [0.4, 0.5) is 0 Å². The number of methoxy groups -OCH3 is 1. The molecule has 6 heteroatoms. The molecule has 1 aromatic rings. The van der Waals surface area contributed by atoms with E-state index in [1.165, 1.54) is 0 Å². The Morgan fingerprint density at radius 2 is 2.00 bits per heavy atom. The highest BCUT2D eigenvalue weighted by Crippen LogP contribution is 2.25. The summed E-state index contributed by atoms with van der Waals surface area (Å²) in [6, 6.07) is 5.21. The molecule has 0 atom stereocenters. The van der Waals surface area contributed by atoms with Gasteiger partial charge in [-0.25, -0.2) is 0 Å². The molecule has 0 radical (unpaired) electrons. The Labute approximate surface area is 133 Å². The Bertz CT molecular complexity index is 506. The van der Waals surface area contributed by atoms with Gasteiger partial charge in [-0.3, -0.25) is 14.5 Å². The number of carbonyl (C=O) groups excluding carboxylic acids is 2. The highest BCUT2D eigenvalue weighted by molar-refractivity contribution is 9.10. The molecule has 21 heavy (non-hydrogen) atoms. The van der Waals surface area contributed by atoms with Crippen molar-refractivity contribution in [2.45, 2.75) is 13.8 Å². The number of hydrogen-bond donors (Lipinski definition) is 1. The molecule has 1 N–H and O–H groups in total. The van der Waals surface area contributed by atoms with E-state index >= 15 is 0 Å². The largest absolute Gasteiger partial charge is 0.496 e. The minimum Gasteiger partial charge on any atom is -0.496 e. The van der Waals surface area contributed by atoms with E-state index in [1.54, 1.807) is 25.3 Å². The molecular weight excluding hydrogens is 336 g/mol. The van der Waals surface area contributed by atoms with Gasteiger partial charge in [0, 0.05) is 12.1 Å². The summed E-state index contributed by atoms with van der Waals surface area (Å²) >= 11 is 3.36. The normalized spacial score (nSPS) is 10.5. The summed E-state index contributed by atoms with van der Waals surface area (Å²) in [5.74, 6) is 0.591. The zero-order valence-corrected chi connectivity index (χ0v) is 14.2. The number of carbonyl (C=O) groups is 2. The average Bonchev–Trinajstić information content (AvgIpc) is 2.46. The average molecular weight is 357 g/mol. The van der Waals surface area contributed by atoms with Crippen molar-refractivity contribution in [1.82, 2.24) is 10.2 Å². The van der Waals surface area contributed by atoms with E-state index in [0.717, 1.165) is 4.47 Å². The number of nitrogens with one attached hydrogen (secondary N) is 1. The van der Waals surface area contributed by atoms with Crippen molar-refractivity contribution in [3.8, 4) is 5.75 Å². The monoisotopic (exact) mass is 356 g/mol. The predicted molar refractivity (Wildman–Crippen MR) is 85.8 cm³/mol. The zero-order valence-electron chi connectivity index (χ0n) is 12.6. The molecule has 0 aromatic heterocycles. The number of rotatable bonds is 8. The second kappa shape index (κ2) is 8.79. The molecule has 0 spiro atoms. The van der Waals surface area contributed by atoms with E-state index in [2.05, 4.69) is 21.2 Å². The third-order valence-corrected chi connectivity index (χ3v) is 3.65. The number of Topliss-reactive ketones (excluding diaryl/α,β-unsaturated/α-hetero) is 1. The van der Waals surface area contributed by atoms with Crippen molar-refractivity contribution in [3.05, 3.63) is 28.2 Å². The van der Waals surface area contributed by atoms with Gasteiger partial charge in [-0.15, -0.1) is 0 Å². The quantitative estimate of drug-likeness (QED) is 0.724. The SMILES string of the molecule is CCNC(=O)CN(CC)CC(=O)c1ccc(OC)c(Br)c1. The van der Waals surface area contributed by atoms with Crippen LogP contribution in [0.25, 0.3) is 0 Å². The fraction of sp³-hybridized carbons (Fsp3) is 0.467. The highest BCUT2D eigenvalue weighted by atomic mass is 79.9. The zero-order chi connectivity index (χ0) is 15.8. The highest BCUT2D eigenvalue weighted by Gasteiger charge is 2.15. The Morgan fingerprint density at radius 3 is 2.52 bits per heavy atom. The van der Waals surface area contributed by atoms with Crippen molar-refractivity contribution in [3.63, 3.8) is 0 Å². The predicted octanol–water partition coefficient (Wildman–Crippen LogP) is 2.10. The molecular formula is C15H21BrN2O3. The van der Waals surface area contributed by atoms with E-state index in [9.17, 15) is 9.59 Å². The molecule has 0 aliphatic rings. The number of ether oxygens (including phenoxy) is 1. The number of amides is 1. The minimum absolute atomic E-state index is 0.0236. The van der Waals surface area contributed by atoms with E-state index in [0.29, 0.717) is 24.4 Å². The van der Waals surface area contributed by atoms with E-state index < -0.39 is 0 Å². The molecule has 0 bridgehead atoms. The second-order valence-corrected chi connectivity index (χ2v) is 5.38. The molecule has 1 amide bonds. The van der Waals surface area contributed by atoms with Crippen LogP contribution >= 0.6 is 15.9 Å². The van der Waals surface area contributed by atoms with Gasteiger partial charge in [0.05, 0.1) is 24.7 Å². The van der Waals surface area contributed by atoms with Crippen LogP contribution in [0.2, 0.25) is 0 Å². The standard InChI is InChI=1S/C15H21BrN2O3/c1-4-17-15(20)10-18(5-2)9-13(19)11-6-7-14(21-3)12(16)8-11/h6-8H,4-5,9-10H2,1-3H3,(H,17,20). The molecule has 0 fully saturated rings. The summed E-state index contributed by atoms with van der Waals surface area (Å²) < 4.78 is 5.88. The molecule has 0 unspecified atom stereocenters. The fourth-order valence-electron chi connectivity index (χ4n) is 1.87. The summed E-state index contributed by atoms with van der Waals surface area (Å²) in [6.45, 7) is 5.47. The van der Waals surface area contributed by atoms with Gasteiger partial charge in [-0.05, 0) is 47.6 Å². The van der Waals surface area contributed by atoms with Crippen LogP contribution in [0.15, 0.2) is 22.7 Å². The molecule has 0 heterocycles. The van der Waals surface area contributed by atoms with Crippen LogP contribution in [0, 0.1) is 0 Å². The lowest BCUT2D eigenvalue weighted by atomic mass is 10.1. The first-order valence-electron chi connectivity index (χ1n) is 6.87. The second-order valence-electron chi connectivity index (χ2n) is 4.53. The van der Waals surface area contributed by atoms with Crippen LogP contribution in [-0.4, -0.2) is 49.9 Å². The van der Waals surface area contributed by atoms with Gasteiger partial charge in [0.2, 0.25) is 5.91 Å². The van der Waals surface area contributed by atoms with Crippen molar-refractivity contribution >= 4 is 27.6 Å². The maximum atomic E-state index is 12.3. The minimum atomic E-state index is -0.0666. The van der Waals surface area contributed by atoms with Crippen molar-refractivity contribution < 1.29 is 14.3 Å². The summed E-state index contributed by atoms with van der Waals surface area (Å²) in [5, 5.41) is 2.73. The van der Waals surface area contributed by atoms with E-state index in [4.69, 9.17) is 4.74 Å². The summed E-state index contributed by atoms with van der Waals surface area (Å²) in [4.78, 5) is 25.7. The van der Waals surface area contributed by atoms with Crippen LogP contribution < -0.4 is 10.1 Å².